The summed E-state index contributed by atoms with van der Waals surface area (Å²) in [6, 6.07) is 7.88. The van der Waals surface area contributed by atoms with Gasteiger partial charge in [-0.3, -0.25) is 0 Å². The number of imidazole rings is 1. The Morgan fingerprint density at radius 2 is 2.09 bits per heavy atom. The second kappa shape index (κ2) is 8.91. The molecule has 0 unspecified atom stereocenters. The van der Waals surface area contributed by atoms with E-state index < -0.39 is 11.8 Å². The van der Waals surface area contributed by atoms with Crippen molar-refractivity contribution in [1.82, 2.24) is 25.3 Å². The standard InChI is InChI=1S/C22H19BFN7O/c1-3-26-22(32)31-21-29-17-9-12(14-7-13(10-23)20(25-2)28-11-14)8-15(19(17)30-21)18-16(24)5-4-6-27-18/h4-9,11H,3H2,1-2H3,(H,25,28)(H3,26,29,30,31,32). The quantitative estimate of drug-likeness (QED) is 0.365. The van der Waals surface area contributed by atoms with E-state index in [0.717, 1.165) is 11.1 Å². The third kappa shape index (κ3) is 4.04. The van der Waals surface area contributed by atoms with Crippen LogP contribution in [0, 0.1) is 11.6 Å². The van der Waals surface area contributed by atoms with Crippen molar-refractivity contribution in [2.24, 2.45) is 0 Å². The van der Waals surface area contributed by atoms with Gasteiger partial charge in [-0.15, -0.1) is 0 Å². The number of H-pyrrole nitrogens is 1. The van der Waals surface area contributed by atoms with Crippen molar-refractivity contribution >= 4 is 36.2 Å². The van der Waals surface area contributed by atoms with Crippen molar-refractivity contribution in [2.45, 2.75) is 6.92 Å². The summed E-state index contributed by atoms with van der Waals surface area (Å²) in [6.45, 7) is 2.28. The van der Waals surface area contributed by atoms with E-state index in [1.165, 1.54) is 18.3 Å². The number of anilines is 2. The van der Waals surface area contributed by atoms with Crippen LogP contribution in [-0.2, 0) is 0 Å². The van der Waals surface area contributed by atoms with Gasteiger partial charge in [0, 0.05) is 6.54 Å². The molecular weight excluding hydrogens is 408 g/mol. The van der Waals surface area contributed by atoms with Gasteiger partial charge in [0.15, 0.2) is 0 Å². The molecule has 2 amide bonds. The SMILES string of the molecule is B#Cc1cc(-c2cc(-c3ncccc3F)c3[nH]c(NC(=O)NCC)nc3c2)cnc1NC. The average molecular weight is 427 g/mol. The van der Waals surface area contributed by atoms with E-state index in [2.05, 4.69) is 41.7 Å². The zero-order valence-electron chi connectivity index (χ0n) is 17.5. The van der Waals surface area contributed by atoms with Crippen molar-refractivity contribution in [1.29, 1.82) is 0 Å². The van der Waals surface area contributed by atoms with Gasteiger partial charge in [-0.25, -0.2) is 0 Å². The first-order valence-corrected chi connectivity index (χ1v) is 9.88. The number of fused-ring (bicyclic) bond motifs is 1. The van der Waals surface area contributed by atoms with Gasteiger partial charge in [0.05, 0.1) is 0 Å². The minimum absolute atomic E-state index is 0.157. The fourth-order valence-electron chi connectivity index (χ4n) is 3.35. The van der Waals surface area contributed by atoms with Crippen LogP contribution in [0.25, 0.3) is 33.4 Å². The topological polar surface area (TPSA) is 108 Å². The van der Waals surface area contributed by atoms with E-state index >= 15 is 0 Å². The number of halogens is 1. The third-order valence-electron chi connectivity index (χ3n) is 4.79. The second-order valence-electron chi connectivity index (χ2n) is 6.84. The molecule has 0 aliphatic carbocycles. The minimum atomic E-state index is -0.480. The first-order chi connectivity index (χ1) is 15.5. The molecule has 32 heavy (non-hydrogen) atoms. The molecule has 1 aromatic carbocycles. The fraction of sp³-hybridized carbons (Fsp3) is 0.136. The van der Waals surface area contributed by atoms with Crippen LogP contribution in [0.3, 0.4) is 0 Å². The number of nitrogens with one attached hydrogen (secondary N) is 4. The molecule has 0 spiro atoms. The van der Waals surface area contributed by atoms with E-state index in [9.17, 15) is 9.18 Å². The van der Waals surface area contributed by atoms with Gasteiger partial charge in [0.25, 0.3) is 0 Å². The summed E-state index contributed by atoms with van der Waals surface area (Å²) in [7, 11) is 7.37. The summed E-state index contributed by atoms with van der Waals surface area (Å²) >= 11 is 0. The monoisotopic (exact) mass is 427 g/mol. The average Bonchev–Trinajstić information content (AvgIpc) is 3.20. The molecule has 0 fully saturated rings. The number of benzene rings is 1. The number of carbonyl (C=O) groups is 1. The summed E-state index contributed by atoms with van der Waals surface area (Å²) in [5.74, 6) is 2.95. The summed E-state index contributed by atoms with van der Waals surface area (Å²) < 4.78 is 14.6. The number of pyridine rings is 2. The Kier molecular flexibility index (Phi) is 5.87. The van der Waals surface area contributed by atoms with Gasteiger partial charge in [-0.1, -0.05) is 0 Å². The number of amides is 2. The Bertz CT molecular complexity index is 1360. The predicted molar refractivity (Wildman–Crippen MR) is 123 cm³/mol. The summed E-state index contributed by atoms with van der Waals surface area (Å²) in [6.07, 6.45) is 3.19. The third-order valence-corrected chi connectivity index (χ3v) is 4.79. The molecule has 0 atom stereocenters. The van der Waals surface area contributed by atoms with Gasteiger partial charge in [0.2, 0.25) is 0 Å². The molecule has 0 aliphatic rings. The van der Waals surface area contributed by atoms with E-state index in [-0.39, 0.29) is 11.6 Å². The summed E-state index contributed by atoms with van der Waals surface area (Å²) in [4.78, 5) is 28.0. The molecule has 10 heteroatoms. The Balaban J connectivity index is 1.91. The number of urea groups is 1. The summed E-state index contributed by atoms with van der Waals surface area (Å²) in [5.41, 5.74) is 3.76. The van der Waals surface area contributed by atoms with E-state index in [1.807, 2.05) is 19.1 Å². The van der Waals surface area contributed by atoms with Gasteiger partial charge in [-0.2, -0.15) is 0 Å². The first kappa shape index (κ1) is 21.1. The van der Waals surface area contributed by atoms with E-state index in [4.69, 9.17) is 7.33 Å². The van der Waals surface area contributed by atoms with Crippen molar-refractivity contribution < 1.29 is 9.18 Å². The molecule has 0 aliphatic heterocycles. The van der Waals surface area contributed by atoms with Crippen molar-refractivity contribution in [3.63, 3.8) is 0 Å². The van der Waals surface area contributed by atoms with Crippen LogP contribution in [0.5, 0.6) is 0 Å². The zero-order valence-corrected chi connectivity index (χ0v) is 17.5. The molecule has 0 radical (unpaired) electrons. The van der Waals surface area contributed by atoms with Crippen LogP contribution < -0.4 is 16.0 Å². The van der Waals surface area contributed by atoms with Crippen LogP contribution in [0.2, 0.25) is 0 Å². The maximum absolute atomic E-state index is 14.6. The Morgan fingerprint density at radius 3 is 2.81 bits per heavy atom. The number of aromatic amines is 1. The Morgan fingerprint density at radius 1 is 1.25 bits per heavy atom. The van der Waals surface area contributed by atoms with Crippen LogP contribution >= 0.6 is 0 Å². The van der Waals surface area contributed by atoms with Crippen molar-refractivity contribution in [2.75, 3.05) is 24.2 Å². The van der Waals surface area contributed by atoms with Gasteiger partial charge in [-0.05, 0) is 6.92 Å². The van der Waals surface area contributed by atoms with E-state index in [1.54, 1.807) is 19.3 Å². The normalized spacial score (nSPS) is 10.7. The number of rotatable bonds is 5. The fourth-order valence-corrected chi connectivity index (χ4v) is 3.35. The van der Waals surface area contributed by atoms with Crippen LogP contribution in [0.4, 0.5) is 21.0 Å². The summed E-state index contributed by atoms with van der Waals surface area (Å²) in [5, 5.41) is 8.23. The Labute approximate surface area is 184 Å². The van der Waals surface area contributed by atoms with Crippen molar-refractivity contribution in [3.8, 4) is 28.2 Å². The molecule has 4 N–H and O–H groups in total. The molecule has 0 bridgehead atoms. The molecule has 4 aromatic rings. The van der Waals surface area contributed by atoms with Crippen LogP contribution in [0.1, 0.15) is 12.5 Å². The maximum atomic E-state index is 14.6. The molecule has 158 valence electrons. The van der Waals surface area contributed by atoms with Crippen molar-refractivity contribution in [3.05, 3.63) is 54.1 Å². The number of hydrogen-bond donors (Lipinski definition) is 4. The van der Waals surface area contributed by atoms with Crippen LogP contribution in [-0.4, -0.2) is 46.9 Å². The molecule has 3 aromatic heterocycles. The first-order valence-electron chi connectivity index (χ1n) is 9.88. The Hall–Kier alpha value is -4.17. The molecule has 8 nitrogen and oxygen atoms in total. The number of hydrogen-bond acceptors (Lipinski definition) is 5. The van der Waals surface area contributed by atoms with Gasteiger partial charge >= 0.3 is 171 Å². The van der Waals surface area contributed by atoms with Gasteiger partial charge in [0.1, 0.15) is 0 Å². The molecule has 3 heterocycles. The molecular formula is C22H19BFN7O. The van der Waals surface area contributed by atoms with E-state index in [0.29, 0.717) is 34.5 Å². The molecule has 0 saturated carbocycles. The van der Waals surface area contributed by atoms with Gasteiger partial charge < -0.3 is 0 Å². The number of aromatic nitrogens is 4. The predicted octanol–water partition coefficient (Wildman–Crippen LogP) is 3.48. The zero-order chi connectivity index (χ0) is 22.7. The molecule has 0 saturated heterocycles. The number of nitrogens with zero attached hydrogens (tertiary/aromatic N) is 3. The molecule has 4 rings (SSSR count). The van der Waals surface area contributed by atoms with Crippen LogP contribution in [0.15, 0.2) is 42.7 Å². The number of carbonyl (C=O) groups excluding carboxylic acids is 1. The second-order valence-corrected chi connectivity index (χ2v) is 6.84.